The van der Waals surface area contributed by atoms with E-state index in [1.54, 1.807) is 32.3 Å². The van der Waals surface area contributed by atoms with E-state index in [1.165, 1.54) is 16.2 Å². The topological polar surface area (TPSA) is 65.9 Å². The number of aromatic nitrogens is 1. The summed E-state index contributed by atoms with van der Waals surface area (Å²) in [6.07, 6.45) is 5.21. The van der Waals surface area contributed by atoms with Gasteiger partial charge >= 0.3 is 0 Å². The van der Waals surface area contributed by atoms with Gasteiger partial charge in [-0.05, 0) is 6.07 Å². The molecule has 2 heterocycles. The van der Waals surface area contributed by atoms with Gasteiger partial charge in [0.05, 0.1) is 17.6 Å². The summed E-state index contributed by atoms with van der Waals surface area (Å²) in [6, 6.07) is 1.68. The van der Waals surface area contributed by atoms with Crippen LogP contribution in [0.25, 0.3) is 0 Å². The van der Waals surface area contributed by atoms with Crippen LogP contribution in [-0.2, 0) is 9.59 Å². The average Bonchev–Trinajstić information content (AvgIpc) is 2.44. The molecule has 18 heavy (non-hydrogen) atoms. The lowest BCUT2D eigenvalue weighted by Crippen LogP contribution is -2.37. The number of rotatable bonds is 2. The molecule has 2 rings (SSSR count). The molecule has 0 bridgehead atoms. The molecule has 0 saturated carbocycles. The molecule has 2 amide bonds. The molecule has 0 aromatic carbocycles. The molecular weight excluding hydrogens is 232 g/mol. The molecule has 1 aliphatic heterocycles. The van der Waals surface area contributed by atoms with Gasteiger partial charge < -0.3 is 0 Å². The van der Waals surface area contributed by atoms with Crippen LogP contribution in [0.1, 0.15) is 26.7 Å². The molecule has 1 aliphatic rings. The molecule has 0 fully saturated rings. The fourth-order valence-corrected chi connectivity index (χ4v) is 1.69. The van der Waals surface area contributed by atoms with Crippen LogP contribution in [0.15, 0.2) is 23.6 Å². The number of carbonyl (C=O) groups is 2. The Morgan fingerprint density at radius 1 is 1.17 bits per heavy atom. The molecule has 0 atom stereocenters. The minimum atomic E-state index is -0.123. The summed E-state index contributed by atoms with van der Waals surface area (Å²) in [7, 11) is 0. The zero-order valence-electron chi connectivity index (χ0n) is 10.3. The van der Waals surface area contributed by atoms with E-state index in [0.29, 0.717) is 24.2 Å². The first-order valence-electron chi connectivity index (χ1n) is 5.82. The van der Waals surface area contributed by atoms with Crippen LogP contribution in [0.4, 0.5) is 11.4 Å². The van der Waals surface area contributed by atoms with Gasteiger partial charge in [0.2, 0.25) is 11.8 Å². The Kier molecular flexibility index (Phi) is 3.36. The zero-order valence-corrected chi connectivity index (χ0v) is 10.3. The minimum Gasteiger partial charge on any atom is -0.274 e. The Morgan fingerprint density at radius 3 is 2.56 bits per heavy atom. The summed E-state index contributed by atoms with van der Waals surface area (Å²) in [5.41, 5.74) is 1.17. The largest absolute Gasteiger partial charge is 0.274 e. The van der Waals surface area contributed by atoms with Gasteiger partial charge in [-0.15, -0.1) is 0 Å². The van der Waals surface area contributed by atoms with Crippen LogP contribution < -0.4 is 9.91 Å². The van der Waals surface area contributed by atoms with Crippen LogP contribution in [0, 0.1) is 0 Å². The van der Waals surface area contributed by atoms with Crippen LogP contribution in [0.3, 0.4) is 0 Å². The Balaban J connectivity index is 2.45. The van der Waals surface area contributed by atoms with Crippen molar-refractivity contribution in [2.75, 3.05) is 9.91 Å². The molecule has 94 valence electrons. The van der Waals surface area contributed by atoms with E-state index < -0.39 is 0 Å². The molecule has 0 radical (unpaired) electrons. The van der Waals surface area contributed by atoms with Crippen molar-refractivity contribution in [3.8, 4) is 0 Å². The highest BCUT2D eigenvalue weighted by atomic mass is 16.2. The van der Waals surface area contributed by atoms with Crippen molar-refractivity contribution in [2.45, 2.75) is 26.7 Å². The second-order valence-corrected chi connectivity index (χ2v) is 3.77. The fraction of sp³-hybridized carbons (Fsp3) is 0.333. The first-order valence-corrected chi connectivity index (χ1v) is 5.82. The van der Waals surface area contributed by atoms with Crippen LogP contribution in [0.5, 0.6) is 0 Å². The van der Waals surface area contributed by atoms with E-state index in [0.717, 1.165) is 0 Å². The van der Waals surface area contributed by atoms with Crippen molar-refractivity contribution in [3.05, 3.63) is 18.5 Å². The first kappa shape index (κ1) is 12.2. The SMILES string of the molecule is CCC(=O)N1C=NN(C(=O)CC)c2ccncc21. The number of amides is 2. The Bertz CT molecular complexity index is 468. The number of hydrogen-bond donors (Lipinski definition) is 0. The highest BCUT2D eigenvalue weighted by Gasteiger charge is 2.26. The standard InChI is InChI=1S/C12H14N4O2/c1-3-11(17)15-8-14-16(12(18)4-2)9-5-6-13-7-10(9)15/h5-8H,3-4H2,1-2H3. The second kappa shape index (κ2) is 4.95. The van der Waals surface area contributed by atoms with Crippen molar-refractivity contribution in [1.29, 1.82) is 0 Å². The highest BCUT2D eigenvalue weighted by molar-refractivity contribution is 6.14. The zero-order chi connectivity index (χ0) is 13.1. The van der Waals surface area contributed by atoms with Crippen molar-refractivity contribution >= 4 is 29.5 Å². The van der Waals surface area contributed by atoms with Crippen molar-refractivity contribution < 1.29 is 9.59 Å². The van der Waals surface area contributed by atoms with E-state index >= 15 is 0 Å². The fourth-order valence-electron chi connectivity index (χ4n) is 1.69. The summed E-state index contributed by atoms with van der Waals surface area (Å²) in [4.78, 5) is 29.0. The number of carbonyl (C=O) groups excluding carboxylic acids is 2. The lowest BCUT2D eigenvalue weighted by atomic mass is 10.2. The van der Waals surface area contributed by atoms with Crippen molar-refractivity contribution in [2.24, 2.45) is 5.10 Å². The summed E-state index contributed by atoms with van der Waals surface area (Å²) in [6.45, 7) is 3.54. The first-order chi connectivity index (χ1) is 8.69. The van der Waals surface area contributed by atoms with Crippen molar-refractivity contribution in [1.82, 2.24) is 4.98 Å². The lowest BCUT2D eigenvalue weighted by molar-refractivity contribution is -0.119. The Morgan fingerprint density at radius 2 is 1.89 bits per heavy atom. The lowest BCUT2D eigenvalue weighted by Gasteiger charge is -2.28. The molecule has 1 aromatic rings. The van der Waals surface area contributed by atoms with Gasteiger partial charge in [0.15, 0.2) is 0 Å². The number of hydrogen-bond acceptors (Lipinski definition) is 4. The predicted octanol–water partition coefficient (Wildman–Crippen LogP) is 1.52. The number of hydrazone groups is 1. The van der Waals surface area contributed by atoms with E-state index in [4.69, 9.17) is 0 Å². The van der Waals surface area contributed by atoms with Gasteiger partial charge in [-0.25, -0.2) is 0 Å². The molecule has 0 N–H and O–H groups in total. The number of fused-ring (bicyclic) bond motifs is 1. The third-order valence-electron chi connectivity index (χ3n) is 2.66. The van der Waals surface area contributed by atoms with Gasteiger partial charge in [0.1, 0.15) is 6.34 Å². The maximum absolute atomic E-state index is 11.8. The van der Waals surface area contributed by atoms with E-state index in [9.17, 15) is 9.59 Å². The molecular formula is C12H14N4O2. The van der Waals surface area contributed by atoms with Crippen LogP contribution >= 0.6 is 0 Å². The third-order valence-corrected chi connectivity index (χ3v) is 2.66. The van der Waals surface area contributed by atoms with E-state index in [-0.39, 0.29) is 11.8 Å². The van der Waals surface area contributed by atoms with Crippen molar-refractivity contribution in [3.63, 3.8) is 0 Å². The van der Waals surface area contributed by atoms with E-state index in [1.807, 2.05) is 0 Å². The number of pyridine rings is 1. The molecule has 0 aliphatic carbocycles. The van der Waals surface area contributed by atoms with Gasteiger partial charge in [-0.3, -0.25) is 19.5 Å². The average molecular weight is 246 g/mol. The second-order valence-electron chi connectivity index (χ2n) is 3.77. The smallest absolute Gasteiger partial charge is 0.247 e. The maximum atomic E-state index is 11.8. The quantitative estimate of drug-likeness (QED) is 0.794. The van der Waals surface area contributed by atoms with Gasteiger partial charge in [0.25, 0.3) is 0 Å². The van der Waals surface area contributed by atoms with Gasteiger partial charge in [-0.2, -0.15) is 10.1 Å². The Hall–Kier alpha value is -2.24. The highest BCUT2D eigenvalue weighted by Crippen LogP contribution is 2.31. The Labute approximate surface area is 105 Å². The minimum absolute atomic E-state index is 0.0865. The van der Waals surface area contributed by atoms with Crippen LogP contribution in [0.2, 0.25) is 0 Å². The van der Waals surface area contributed by atoms with E-state index in [2.05, 4.69) is 10.1 Å². The summed E-state index contributed by atoms with van der Waals surface area (Å²) < 4.78 is 0. The molecule has 0 spiro atoms. The molecule has 0 saturated heterocycles. The van der Waals surface area contributed by atoms with Crippen LogP contribution in [-0.4, -0.2) is 23.1 Å². The number of anilines is 2. The molecule has 1 aromatic heterocycles. The molecule has 0 unspecified atom stereocenters. The molecule has 6 heteroatoms. The monoisotopic (exact) mass is 246 g/mol. The van der Waals surface area contributed by atoms with Gasteiger partial charge in [0, 0.05) is 19.0 Å². The normalized spacial score (nSPS) is 13.4. The summed E-state index contributed by atoms with van der Waals surface area (Å²) in [5, 5.41) is 5.33. The summed E-state index contributed by atoms with van der Waals surface area (Å²) >= 11 is 0. The molecule has 6 nitrogen and oxygen atoms in total. The van der Waals surface area contributed by atoms with Gasteiger partial charge in [-0.1, -0.05) is 13.8 Å². The summed E-state index contributed by atoms with van der Waals surface area (Å²) in [5.74, 6) is -0.209. The third kappa shape index (κ3) is 1.97. The maximum Gasteiger partial charge on any atom is 0.247 e. The predicted molar refractivity (Wildman–Crippen MR) is 68.3 cm³/mol. The number of nitrogens with zero attached hydrogens (tertiary/aromatic N) is 4.